The first-order chi connectivity index (χ1) is 10.2. The second kappa shape index (κ2) is 7.43. The third-order valence-electron chi connectivity index (χ3n) is 3.10. The van der Waals surface area contributed by atoms with Crippen molar-refractivity contribution in [3.63, 3.8) is 0 Å². The number of hydrogen-bond donors (Lipinski definition) is 2. The van der Waals surface area contributed by atoms with Crippen molar-refractivity contribution in [1.82, 2.24) is 4.98 Å². The van der Waals surface area contributed by atoms with E-state index in [1.54, 1.807) is 6.20 Å². The van der Waals surface area contributed by atoms with Crippen LogP contribution in [-0.4, -0.2) is 10.9 Å². The molecule has 4 heteroatoms. The standard InChI is InChI=1S/C17H21N3O/c1-3-4-8-17(21)20-16-10-9-15(12-18-16)19-14-7-5-6-13(2)11-14/h5-7,9-12,19H,3-4,8H2,1-2H3,(H,18,20,21). The predicted molar refractivity (Wildman–Crippen MR) is 86.9 cm³/mol. The fourth-order valence-corrected chi connectivity index (χ4v) is 1.97. The average Bonchev–Trinajstić information content (AvgIpc) is 2.47. The van der Waals surface area contributed by atoms with E-state index in [0.717, 1.165) is 24.2 Å². The van der Waals surface area contributed by atoms with Crippen molar-refractivity contribution >= 4 is 23.1 Å². The Bertz CT molecular complexity index is 593. The molecule has 1 aromatic heterocycles. The average molecular weight is 283 g/mol. The number of unbranched alkanes of at least 4 members (excludes halogenated alkanes) is 1. The molecule has 1 aromatic carbocycles. The lowest BCUT2D eigenvalue weighted by Crippen LogP contribution is -2.12. The molecule has 1 heterocycles. The molecule has 0 spiro atoms. The summed E-state index contributed by atoms with van der Waals surface area (Å²) >= 11 is 0. The Morgan fingerprint density at radius 1 is 1.19 bits per heavy atom. The van der Waals surface area contributed by atoms with E-state index in [1.807, 2.05) is 24.3 Å². The van der Waals surface area contributed by atoms with Crippen molar-refractivity contribution in [3.8, 4) is 0 Å². The number of carbonyl (C=O) groups excluding carboxylic acids is 1. The number of pyridine rings is 1. The van der Waals surface area contributed by atoms with E-state index in [9.17, 15) is 4.79 Å². The topological polar surface area (TPSA) is 54.0 Å². The van der Waals surface area contributed by atoms with Crippen molar-refractivity contribution in [3.05, 3.63) is 48.2 Å². The molecular formula is C17H21N3O. The van der Waals surface area contributed by atoms with Gasteiger partial charge in [-0.05, 0) is 43.2 Å². The van der Waals surface area contributed by atoms with Crippen LogP contribution in [0.25, 0.3) is 0 Å². The van der Waals surface area contributed by atoms with E-state index >= 15 is 0 Å². The van der Waals surface area contributed by atoms with Crippen LogP contribution in [0, 0.1) is 6.92 Å². The molecule has 2 N–H and O–H groups in total. The first kappa shape index (κ1) is 15.0. The van der Waals surface area contributed by atoms with Gasteiger partial charge in [-0.1, -0.05) is 25.5 Å². The molecule has 0 saturated carbocycles. The van der Waals surface area contributed by atoms with E-state index in [2.05, 4.69) is 41.6 Å². The second-order valence-electron chi connectivity index (χ2n) is 5.08. The highest BCUT2D eigenvalue weighted by Crippen LogP contribution is 2.18. The molecule has 21 heavy (non-hydrogen) atoms. The highest BCUT2D eigenvalue weighted by molar-refractivity contribution is 5.89. The summed E-state index contributed by atoms with van der Waals surface area (Å²) in [5.74, 6) is 0.606. The van der Waals surface area contributed by atoms with Gasteiger partial charge < -0.3 is 10.6 Å². The van der Waals surface area contributed by atoms with Crippen LogP contribution in [0.15, 0.2) is 42.6 Å². The Morgan fingerprint density at radius 2 is 2.05 bits per heavy atom. The maximum Gasteiger partial charge on any atom is 0.225 e. The molecule has 0 aliphatic rings. The molecular weight excluding hydrogens is 262 g/mol. The minimum atomic E-state index is 0.0174. The zero-order chi connectivity index (χ0) is 15.1. The third kappa shape index (κ3) is 4.91. The summed E-state index contributed by atoms with van der Waals surface area (Å²) in [4.78, 5) is 15.9. The van der Waals surface area contributed by atoms with Crippen LogP contribution in [0.5, 0.6) is 0 Å². The maximum absolute atomic E-state index is 11.6. The number of carbonyl (C=O) groups is 1. The van der Waals surface area contributed by atoms with E-state index in [0.29, 0.717) is 12.2 Å². The summed E-state index contributed by atoms with van der Waals surface area (Å²) in [6.07, 6.45) is 4.18. The molecule has 0 aliphatic carbocycles. The largest absolute Gasteiger partial charge is 0.354 e. The highest BCUT2D eigenvalue weighted by atomic mass is 16.1. The fraction of sp³-hybridized carbons (Fsp3) is 0.294. The van der Waals surface area contributed by atoms with Gasteiger partial charge >= 0.3 is 0 Å². The molecule has 1 amide bonds. The number of aryl methyl sites for hydroxylation is 1. The third-order valence-corrected chi connectivity index (χ3v) is 3.10. The van der Waals surface area contributed by atoms with Gasteiger partial charge in [-0.3, -0.25) is 4.79 Å². The van der Waals surface area contributed by atoms with Gasteiger partial charge in [-0.15, -0.1) is 0 Å². The van der Waals surface area contributed by atoms with E-state index < -0.39 is 0 Å². The van der Waals surface area contributed by atoms with Crippen LogP contribution < -0.4 is 10.6 Å². The zero-order valence-electron chi connectivity index (χ0n) is 12.5. The molecule has 4 nitrogen and oxygen atoms in total. The molecule has 0 atom stereocenters. The summed E-state index contributed by atoms with van der Waals surface area (Å²) in [7, 11) is 0. The molecule has 110 valence electrons. The van der Waals surface area contributed by atoms with E-state index in [-0.39, 0.29) is 5.91 Å². The summed E-state index contributed by atoms with van der Waals surface area (Å²) in [6.45, 7) is 4.12. The molecule has 0 radical (unpaired) electrons. The minimum absolute atomic E-state index is 0.0174. The van der Waals surface area contributed by atoms with Gasteiger partial charge in [0.15, 0.2) is 0 Å². The number of nitrogens with one attached hydrogen (secondary N) is 2. The van der Waals surface area contributed by atoms with Gasteiger partial charge in [0.05, 0.1) is 11.9 Å². The van der Waals surface area contributed by atoms with Crippen molar-refractivity contribution in [2.24, 2.45) is 0 Å². The molecule has 0 fully saturated rings. The summed E-state index contributed by atoms with van der Waals surface area (Å²) in [5, 5.41) is 6.08. The van der Waals surface area contributed by atoms with E-state index in [1.165, 1.54) is 5.56 Å². The lowest BCUT2D eigenvalue weighted by Gasteiger charge is -2.08. The number of amides is 1. The van der Waals surface area contributed by atoms with Gasteiger partial charge in [0.1, 0.15) is 5.82 Å². The number of hydrogen-bond acceptors (Lipinski definition) is 3. The molecule has 0 aliphatic heterocycles. The Hall–Kier alpha value is -2.36. The van der Waals surface area contributed by atoms with Crippen LogP contribution in [-0.2, 0) is 4.79 Å². The summed E-state index contributed by atoms with van der Waals surface area (Å²) in [6, 6.07) is 11.9. The fourth-order valence-electron chi connectivity index (χ4n) is 1.97. The quantitative estimate of drug-likeness (QED) is 0.832. The Balaban J connectivity index is 1.94. The van der Waals surface area contributed by atoms with Gasteiger partial charge in [-0.25, -0.2) is 4.98 Å². The number of rotatable bonds is 6. The smallest absolute Gasteiger partial charge is 0.225 e. The zero-order valence-corrected chi connectivity index (χ0v) is 12.5. The molecule has 2 aromatic rings. The van der Waals surface area contributed by atoms with Gasteiger partial charge in [0.2, 0.25) is 5.91 Å². The molecule has 0 saturated heterocycles. The Morgan fingerprint density at radius 3 is 2.71 bits per heavy atom. The number of benzene rings is 1. The molecule has 0 bridgehead atoms. The Labute approximate surface area is 125 Å². The van der Waals surface area contributed by atoms with Crippen molar-refractivity contribution < 1.29 is 4.79 Å². The number of anilines is 3. The first-order valence-corrected chi connectivity index (χ1v) is 7.27. The van der Waals surface area contributed by atoms with Crippen molar-refractivity contribution in [2.45, 2.75) is 33.1 Å². The molecule has 0 unspecified atom stereocenters. The van der Waals surface area contributed by atoms with Crippen molar-refractivity contribution in [2.75, 3.05) is 10.6 Å². The highest BCUT2D eigenvalue weighted by Gasteiger charge is 2.03. The van der Waals surface area contributed by atoms with Gasteiger partial charge in [0.25, 0.3) is 0 Å². The van der Waals surface area contributed by atoms with Crippen LogP contribution >= 0.6 is 0 Å². The van der Waals surface area contributed by atoms with E-state index in [4.69, 9.17) is 0 Å². The lowest BCUT2D eigenvalue weighted by atomic mass is 10.2. The van der Waals surface area contributed by atoms with Crippen molar-refractivity contribution in [1.29, 1.82) is 0 Å². The van der Waals surface area contributed by atoms with Crippen LogP contribution in [0.2, 0.25) is 0 Å². The van der Waals surface area contributed by atoms with Crippen LogP contribution in [0.4, 0.5) is 17.2 Å². The number of nitrogens with zero attached hydrogens (tertiary/aromatic N) is 1. The number of aromatic nitrogens is 1. The summed E-state index contributed by atoms with van der Waals surface area (Å²) in [5.41, 5.74) is 3.12. The normalized spacial score (nSPS) is 10.2. The maximum atomic E-state index is 11.6. The predicted octanol–water partition coefficient (Wildman–Crippen LogP) is 4.26. The summed E-state index contributed by atoms with van der Waals surface area (Å²) < 4.78 is 0. The molecule has 2 rings (SSSR count). The Kier molecular flexibility index (Phi) is 5.32. The van der Waals surface area contributed by atoms with Gasteiger partial charge in [0, 0.05) is 12.1 Å². The van der Waals surface area contributed by atoms with Crippen LogP contribution in [0.3, 0.4) is 0 Å². The second-order valence-corrected chi connectivity index (χ2v) is 5.08. The first-order valence-electron chi connectivity index (χ1n) is 7.27. The lowest BCUT2D eigenvalue weighted by molar-refractivity contribution is -0.116. The SMILES string of the molecule is CCCCC(=O)Nc1ccc(Nc2cccc(C)c2)cn1. The van der Waals surface area contributed by atoms with Gasteiger partial charge in [-0.2, -0.15) is 0 Å². The monoisotopic (exact) mass is 283 g/mol. The minimum Gasteiger partial charge on any atom is -0.354 e. The van der Waals surface area contributed by atoms with Crippen LogP contribution in [0.1, 0.15) is 31.7 Å².